The first-order valence-electron chi connectivity index (χ1n) is 2.96. The number of aliphatic hydroxyl groups is 1. The smallest absolute Gasteiger partial charge is 0.115 e. The molecule has 50 valence electrons. The molecule has 0 radical (unpaired) electrons. The molecule has 0 spiro atoms. The minimum atomic E-state index is 0.288. The van der Waals surface area contributed by atoms with Gasteiger partial charge in [-0.2, -0.15) is 0 Å². The first-order valence-corrected chi connectivity index (χ1v) is 2.96. The molecule has 0 saturated heterocycles. The van der Waals surface area contributed by atoms with Crippen molar-refractivity contribution in [3.8, 4) is 0 Å². The molecule has 1 heteroatoms. The Labute approximate surface area is 56.0 Å². The fourth-order valence-electron chi connectivity index (χ4n) is 0.421. The molecule has 0 bridgehead atoms. The molecule has 0 heterocycles. The number of hydrogen-bond acceptors (Lipinski definition) is 1. The summed E-state index contributed by atoms with van der Waals surface area (Å²) in [7, 11) is 0. The summed E-state index contributed by atoms with van der Waals surface area (Å²) in [5.41, 5.74) is 0. The van der Waals surface area contributed by atoms with Crippen LogP contribution in [0.3, 0.4) is 0 Å². The molecule has 0 amide bonds. The molecule has 0 rings (SSSR count). The highest BCUT2D eigenvalue weighted by molar-refractivity contribution is 5.15. The normalized spacial score (nSPS) is 13.8. The van der Waals surface area contributed by atoms with E-state index in [0.717, 1.165) is 0 Å². The van der Waals surface area contributed by atoms with E-state index in [0.29, 0.717) is 0 Å². The molecule has 0 aliphatic carbocycles. The Kier molecular flexibility index (Phi) is 4.60. The second kappa shape index (κ2) is 5.16. The van der Waals surface area contributed by atoms with Gasteiger partial charge in [0.1, 0.15) is 5.76 Å². The fraction of sp³-hybridized carbons (Fsp3) is 0.250. The maximum Gasteiger partial charge on any atom is 0.115 e. The van der Waals surface area contributed by atoms with Gasteiger partial charge in [0.25, 0.3) is 0 Å². The third-order valence-electron chi connectivity index (χ3n) is 0.797. The predicted molar refractivity (Wildman–Crippen MR) is 40.3 cm³/mol. The Bertz CT molecular complexity index is 141. The van der Waals surface area contributed by atoms with Gasteiger partial charge in [0, 0.05) is 0 Å². The lowest BCUT2D eigenvalue weighted by Crippen LogP contribution is -1.68. The molecule has 1 nitrogen and oxygen atoms in total. The van der Waals surface area contributed by atoms with Crippen LogP contribution in [0.25, 0.3) is 0 Å². The largest absolute Gasteiger partial charge is 0.508 e. The van der Waals surface area contributed by atoms with Gasteiger partial charge in [-0.15, -0.1) is 0 Å². The zero-order valence-electron chi connectivity index (χ0n) is 5.83. The van der Waals surface area contributed by atoms with Crippen LogP contribution in [0.15, 0.2) is 36.1 Å². The van der Waals surface area contributed by atoms with Crippen molar-refractivity contribution in [1.82, 2.24) is 0 Å². The zero-order valence-corrected chi connectivity index (χ0v) is 5.83. The molecule has 1 N–H and O–H groups in total. The summed E-state index contributed by atoms with van der Waals surface area (Å²) in [6, 6.07) is 0. The van der Waals surface area contributed by atoms with Crippen LogP contribution in [0.5, 0.6) is 0 Å². The van der Waals surface area contributed by atoms with E-state index in [4.69, 9.17) is 5.11 Å². The molecule has 0 aromatic heterocycles. The third kappa shape index (κ3) is 4.88. The van der Waals surface area contributed by atoms with Gasteiger partial charge in [-0.1, -0.05) is 18.2 Å². The van der Waals surface area contributed by atoms with Crippen LogP contribution in [-0.2, 0) is 0 Å². The van der Waals surface area contributed by atoms with E-state index in [2.05, 4.69) is 0 Å². The first kappa shape index (κ1) is 8.02. The van der Waals surface area contributed by atoms with Crippen molar-refractivity contribution in [2.45, 2.75) is 13.8 Å². The highest BCUT2D eigenvalue weighted by Crippen LogP contribution is 1.90. The molecule has 0 saturated carbocycles. The van der Waals surface area contributed by atoms with Crippen molar-refractivity contribution >= 4 is 0 Å². The van der Waals surface area contributed by atoms with Gasteiger partial charge in [0.05, 0.1) is 0 Å². The number of aliphatic hydroxyl groups excluding tert-OH is 1. The van der Waals surface area contributed by atoms with Gasteiger partial charge in [0.15, 0.2) is 0 Å². The molecule has 9 heavy (non-hydrogen) atoms. The van der Waals surface area contributed by atoms with Crippen LogP contribution in [0, 0.1) is 0 Å². The summed E-state index contributed by atoms with van der Waals surface area (Å²) in [5, 5.41) is 8.90. The van der Waals surface area contributed by atoms with Crippen LogP contribution in [0.2, 0.25) is 0 Å². The minimum Gasteiger partial charge on any atom is -0.508 e. The summed E-state index contributed by atoms with van der Waals surface area (Å²) < 4.78 is 0. The van der Waals surface area contributed by atoms with Crippen molar-refractivity contribution < 1.29 is 5.11 Å². The van der Waals surface area contributed by atoms with Crippen LogP contribution >= 0.6 is 0 Å². The highest BCUT2D eigenvalue weighted by atomic mass is 16.3. The van der Waals surface area contributed by atoms with E-state index < -0.39 is 0 Å². The molecule has 0 aliphatic rings. The van der Waals surface area contributed by atoms with Gasteiger partial charge >= 0.3 is 0 Å². The van der Waals surface area contributed by atoms with Crippen LogP contribution in [0.1, 0.15) is 13.8 Å². The van der Waals surface area contributed by atoms with Gasteiger partial charge in [-0.05, 0) is 26.0 Å². The van der Waals surface area contributed by atoms with Crippen molar-refractivity contribution in [2.24, 2.45) is 0 Å². The van der Waals surface area contributed by atoms with E-state index in [1.165, 1.54) is 0 Å². The lowest BCUT2D eigenvalue weighted by molar-refractivity contribution is 0.432. The Morgan fingerprint density at radius 2 is 1.89 bits per heavy atom. The van der Waals surface area contributed by atoms with Gasteiger partial charge in [-0.3, -0.25) is 0 Å². The number of rotatable bonds is 2. The number of allylic oxidation sites excluding steroid dienone is 5. The average Bonchev–Trinajstić information content (AvgIpc) is 1.85. The summed E-state index contributed by atoms with van der Waals surface area (Å²) in [6.07, 6.45) is 8.71. The summed E-state index contributed by atoms with van der Waals surface area (Å²) in [5.74, 6) is 0.288. The predicted octanol–water partition coefficient (Wildman–Crippen LogP) is 2.58. The highest BCUT2D eigenvalue weighted by Gasteiger charge is 1.75. The topological polar surface area (TPSA) is 20.2 Å². The molecule has 0 aromatic rings. The van der Waals surface area contributed by atoms with E-state index >= 15 is 0 Å². The molecular weight excluding hydrogens is 112 g/mol. The zero-order chi connectivity index (χ0) is 7.11. The van der Waals surface area contributed by atoms with Crippen LogP contribution < -0.4 is 0 Å². The van der Waals surface area contributed by atoms with Crippen LogP contribution in [0.4, 0.5) is 0 Å². The summed E-state index contributed by atoms with van der Waals surface area (Å²) in [6.45, 7) is 3.76. The SMILES string of the molecule is C\C=C/C=C(O)\C=C/C. The maximum atomic E-state index is 8.90. The number of hydrogen-bond donors (Lipinski definition) is 1. The van der Waals surface area contributed by atoms with E-state index in [1.807, 2.05) is 19.9 Å². The van der Waals surface area contributed by atoms with Gasteiger partial charge < -0.3 is 5.11 Å². The van der Waals surface area contributed by atoms with Crippen molar-refractivity contribution in [3.05, 3.63) is 36.1 Å². The lowest BCUT2D eigenvalue weighted by Gasteiger charge is -1.83. The van der Waals surface area contributed by atoms with Crippen molar-refractivity contribution in [1.29, 1.82) is 0 Å². The second-order valence-electron chi connectivity index (χ2n) is 1.62. The molecule has 0 unspecified atom stereocenters. The van der Waals surface area contributed by atoms with E-state index in [1.54, 1.807) is 24.3 Å². The van der Waals surface area contributed by atoms with Crippen LogP contribution in [-0.4, -0.2) is 5.11 Å². The standard InChI is InChI=1S/C8H12O/c1-3-5-7-8(9)6-4-2/h3-7,9H,1-2H3/b5-3-,6-4-,8-7+. The first-order chi connectivity index (χ1) is 4.31. The molecular formula is C8H12O. The van der Waals surface area contributed by atoms with Gasteiger partial charge in [0.2, 0.25) is 0 Å². The Hall–Kier alpha value is -0.980. The Morgan fingerprint density at radius 1 is 1.22 bits per heavy atom. The summed E-state index contributed by atoms with van der Waals surface area (Å²) >= 11 is 0. The quantitative estimate of drug-likeness (QED) is 0.443. The van der Waals surface area contributed by atoms with E-state index in [9.17, 15) is 0 Å². The van der Waals surface area contributed by atoms with Crippen molar-refractivity contribution in [2.75, 3.05) is 0 Å². The minimum absolute atomic E-state index is 0.288. The maximum absolute atomic E-state index is 8.90. The summed E-state index contributed by atoms with van der Waals surface area (Å²) in [4.78, 5) is 0. The fourth-order valence-corrected chi connectivity index (χ4v) is 0.421. The molecule has 0 fully saturated rings. The van der Waals surface area contributed by atoms with Crippen molar-refractivity contribution in [3.63, 3.8) is 0 Å². The molecule has 0 aliphatic heterocycles. The second-order valence-corrected chi connectivity index (χ2v) is 1.62. The molecule has 0 aromatic carbocycles. The molecule has 0 atom stereocenters. The Balaban J connectivity index is 3.84. The average molecular weight is 124 g/mol. The van der Waals surface area contributed by atoms with Gasteiger partial charge in [-0.25, -0.2) is 0 Å². The lowest BCUT2D eigenvalue weighted by atomic mass is 10.4. The Morgan fingerprint density at radius 3 is 2.33 bits per heavy atom. The van der Waals surface area contributed by atoms with E-state index in [-0.39, 0.29) is 5.76 Å². The monoisotopic (exact) mass is 124 g/mol. The third-order valence-corrected chi connectivity index (χ3v) is 0.797.